The molecule has 0 fully saturated rings. The number of anilines is 1. The van der Waals surface area contributed by atoms with Crippen LogP contribution < -0.4 is 14.4 Å². The van der Waals surface area contributed by atoms with Crippen LogP contribution >= 0.6 is 11.6 Å². The molecule has 0 spiro atoms. The second kappa shape index (κ2) is 14.2. The van der Waals surface area contributed by atoms with Crippen molar-refractivity contribution in [2.24, 2.45) is 0 Å². The summed E-state index contributed by atoms with van der Waals surface area (Å²) in [6, 6.07) is 13.3. The molecule has 0 saturated heterocycles. The van der Waals surface area contributed by atoms with E-state index in [1.807, 2.05) is 32.9 Å². The van der Waals surface area contributed by atoms with E-state index in [1.54, 1.807) is 41.3 Å². The fourth-order valence-electron chi connectivity index (χ4n) is 3.92. The predicted molar refractivity (Wildman–Crippen MR) is 148 cm³/mol. The van der Waals surface area contributed by atoms with Gasteiger partial charge in [-0.05, 0) is 56.0 Å². The molecule has 2 aromatic rings. The number of rotatable bonds is 14. The van der Waals surface area contributed by atoms with E-state index in [0.717, 1.165) is 18.2 Å². The minimum atomic E-state index is -3.59. The maximum Gasteiger partial charge on any atom is 0.243 e. The van der Waals surface area contributed by atoms with Crippen molar-refractivity contribution in [2.75, 3.05) is 24.2 Å². The van der Waals surface area contributed by atoms with E-state index >= 15 is 0 Å². The fraction of sp³-hybridized carbons (Fsp3) is 0.481. The molecule has 204 valence electrons. The Kier molecular flexibility index (Phi) is 11.7. The Labute approximate surface area is 226 Å². The highest BCUT2D eigenvalue weighted by Crippen LogP contribution is 2.24. The summed E-state index contributed by atoms with van der Waals surface area (Å²) in [7, 11) is -2.08. The summed E-state index contributed by atoms with van der Waals surface area (Å²) in [5.74, 6) is 0.114. The zero-order valence-corrected chi connectivity index (χ0v) is 23.8. The molecular formula is C27H38ClN3O5S. The monoisotopic (exact) mass is 551 g/mol. The van der Waals surface area contributed by atoms with Gasteiger partial charge in [-0.1, -0.05) is 43.6 Å². The molecule has 0 heterocycles. The van der Waals surface area contributed by atoms with Crippen molar-refractivity contribution in [3.63, 3.8) is 0 Å². The Morgan fingerprint density at radius 1 is 1.08 bits per heavy atom. The van der Waals surface area contributed by atoms with E-state index < -0.39 is 16.1 Å². The molecule has 0 aliphatic rings. The number of nitrogens with one attached hydrogen (secondary N) is 1. The lowest BCUT2D eigenvalue weighted by Gasteiger charge is -2.32. The Bertz CT molecular complexity index is 1140. The molecule has 2 aromatic carbocycles. The van der Waals surface area contributed by atoms with Crippen LogP contribution in [0.4, 0.5) is 5.69 Å². The average Bonchev–Trinajstić information content (AvgIpc) is 2.86. The van der Waals surface area contributed by atoms with Crippen LogP contribution in [0, 0.1) is 0 Å². The normalized spacial score (nSPS) is 12.9. The van der Waals surface area contributed by atoms with Crippen molar-refractivity contribution in [1.82, 2.24) is 10.2 Å². The van der Waals surface area contributed by atoms with Crippen LogP contribution in [-0.2, 0) is 26.2 Å². The van der Waals surface area contributed by atoms with Crippen LogP contribution in [0.25, 0.3) is 0 Å². The number of hydrogen-bond donors (Lipinski definition) is 1. The first-order valence-electron chi connectivity index (χ1n) is 12.5. The van der Waals surface area contributed by atoms with E-state index in [-0.39, 0.29) is 43.8 Å². The molecule has 10 heteroatoms. The van der Waals surface area contributed by atoms with E-state index in [4.69, 9.17) is 16.3 Å². The molecule has 0 aliphatic heterocycles. The highest BCUT2D eigenvalue weighted by molar-refractivity contribution is 7.92. The Balaban J connectivity index is 2.22. The van der Waals surface area contributed by atoms with Gasteiger partial charge >= 0.3 is 0 Å². The molecule has 2 atom stereocenters. The summed E-state index contributed by atoms with van der Waals surface area (Å²) in [5.41, 5.74) is 1.31. The lowest BCUT2D eigenvalue weighted by molar-refractivity contribution is -0.141. The summed E-state index contributed by atoms with van der Waals surface area (Å²) in [6.07, 6.45) is 2.72. The van der Waals surface area contributed by atoms with Crippen LogP contribution in [0.1, 0.15) is 52.0 Å². The van der Waals surface area contributed by atoms with Crippen LogP contribution in [-0.4, -0.2) is 57.1 Å². The smallest absolute Gasteiger partial charge is 0.243 e. The molecule has 0 bridgehead atoms. The van der Waals surface area contributed by atoms with Crippen molar-refractivity contribution >= 4 is 39.1 Å². The quantitative estimate of drug-likeness (QED) is 0.370. The van der Waals surface area contributed by atoms with Crippen molar-refractivity contribution in [1.29, 1.82) is 0 Å². The number of amides is 2. The number of hydrogen-bond acceptors (Lipinski definition) is 5. The third-order valence-electron chi connectivity index (χ3n) is 6.15. The highest BCUT2D eigenvalue weighted by atomic mass is 35.5. The topological polar surface area (TPSA) is 96.0 Å². The number of methoxy groups -OCH3 is 1. The van der Waals surface area contributed by atoms with Gasteiger partial charge in [-0.15, -0.1) is 0 Å². The molecular weight excluding hydrogens is 514 g/mol. The molecule has 0 radical (unpaired) electrons. The number of halogens is 1. The number of carbonyl (C=O) groups is 2. The lowest BCUT2D eigenvalue weighted by Crippen LogP contribution is -2.50. The van der Waals surface area contributed by atoms with Crippen LogP contribution in [0.3, 0.4) is 0 Å². The van der Waals surface area contributed by atoms with Gasteiger partial charge in [-0.25, -0.2) is 8.42 Å². The number of sulfonamides is 1. The van der Waals surface area contributed by atoms with E-state index in [0.29, 0.717) is 22.9 Å². The van der Waals surface area contributed by atoms with E-state index in [2.05, 4.69) is 5.32 Å². The summed E-state index contributed by atoms with van der Waals surface area (Å²) >= 11 is 6.02. The first-order chi connectivity index (χ1) is 17.5. The van der Waals surface area contributed by atoms with Gasteiger partial charge in [0.25, 0.3) is 0 Å². The van der Waals surface area contributed by atoms with Crippen molar-refractivity contribution in [2.45, 2.75) is 65.1 Å². The van der Waals surface area contributed by atoms with Crippen LogP contribution in [0.5, 0.6) is 5.75 Å². The molecule has 0 aromatic heterocycles. The molecule has 37 heavy (non-hydrogen) atoms. The van der Waals surface area contributed by atoms with Gasteiger partial charge in [-0.2, -0.15) is 0 Å². The van der Waals surface area contributed by atoms with Gasteiger partial charge in [0.1, 0.15) is 11.8 Å². The maximum atomic E-state index is 13.5. The largest absolute Gasteiger partial charge is 0.497 e. The van der Waals surface area contributed by atoms with Gasteiger partial charge in [0.05, 0.1) is 19.1 Å². The summed E-state index contributed by atoms with van der Waals surface area (Å²) in [4.78, 5) is 28.1. The first-order valence-corrected chi connectivity index (χ1v) is 14.7. The number of benzene rings is 2. The van der Waals surface area contributed by atoms with E-state index in [9.17, 15) is 18.0 Å². The first kappa shape index (κ1) is 30.4. The van der Waals surface area contributed by atoms with Crippen molar-refractivity contribution < 1.29 is 22.7 Å². The predicted octanol–water partition coefficient (Wildman–Crippen LogP) is 4.62. The van der Waals surface area contributed by atoms with Gasteiger partial charge < -0.3 is 15.0 Å². The van der Waals surface area contributed by atoms with Gasteiger partial charge in [-0.3, -0.25) is 13.9 Å². The molecule has 0 aliphatic carbocycles. The number of ether oxygens (including phenoxy) is 1. The van der Waals surface area contributed by atoms with Crippen LogP contribution in [0.2, 0.25) is 5.02 Å². The third-order valence-corrected chi connectivity index (χ3v) is 7.59. The molecule has 2 amide bonds. The number of carbonyl (C=O) groups excluding carboxylic acids is 2. The minimum Gasteiger partial charge on any atom is -0.497 e. The second-order valence-electron chi connectivity index (χ2n) is 9.03. The summed E-state index contributed by atoms with van der Waals surface area (Å²) in [5, 5.41) is 3.57. The fourth-order valence-corrected chi connectivity index (χ4v) is 5.00. The second-order valence-corrected chi connectivity index (χ2v) is 11.4. The van der Waals surface area contributed by atoms with Gasteiger partial charge in [0, 0.05) is 36.6 Å². The molecule has 8 nitrogen and oxygen atoms in total. The molecule has 1 N–H and O–H groups in total. The average molecular weight is 552 g/mol. The summed E-state index contributed by atoms with van der Waals surface area (Å²) < 4.78 is 31.5. The highest BCUT2D eigenvalue weighted by Gasteiger charge is 2.29. The molecule has 2 unspecified atom stereocenters. The lowest BCUT2D eigenvalue weighted by atomic mass is 10.1. The minimum absolute atomic E-state index is 0.0137. The number of nitrogens with zero attached hydrogens (tertiary/aromatic N) is 2. The molecule has 2 rings (SSSR count). The Hall–Kier alpha value is -2.78. The van der Waals surface area contributed by atoms with Gasteiger partial charge in [0.15, 0.2) is 0 Å². The standard InChI is InChI=1S/C27H38ClN3O5S/c1-6-20(3)29-27(33)25(7-2)30(19-21-13-15-22(28)16-14-21)26(32)12-9-17-31(37(5,34)35)23-10-8-11-24(18-23)36-4/h8,10-11,13-16,18,20,25H,6-7,9,12,17,19H2,1-5H3,(H,29,33). The Morgan fingerprint density at radius 2 is 1.76 bits per heavy atom. The zero-order chi connectivity index (χ0) is 27.6. The summed E-state index contributed by atoms with van der Waals surface area (Å²) in [6.45, 7) is 6.14. The SMILES string of the molecule is CCC(C)NC(=O)C(CC)N(Cc1ccc(Cl)cc1)C(=O)CCCN(c1cccc(OC)c1)S(C)(=O)=O. The zero-order valence-electron chi connectivity index (χ0n) is 22.2. The van der Waals surface area contributed by atoms with Gasteiger partial charge in [0.2, 0.25) is 21.8 Å². The third kappa shape index (κ3) is 9.23. The van der Waals surface area contributed by atoms with Crippen molar-refractivity contribution in [3.8, 4) is 5.75 Å². The van der Waals surface area contributed by atoms with Crippen molar-refractivity contribution in [3.05, 3.63) is 59.1 Å². The van der Waals surface area contributed by atoms with E-state index in [1.165, 1.54) is 11.4 Å². The molecule has 0 saturated carbocycles. The Morgan fingerprint density at radius 3 is 2.32 bits per heavy atom. The maximum absolute atomic E-state index is 13.5. The van der Waals surface area contributed by atoms with Crippen LogP contribution in [0.15, 0.2) is 48.5 Å².